The number of nitrogens with one attached hydrogen (secondary N) is 2. The van der Waals surface area contributed by atoms with Gasteiger partial charge in [-0.3, -0.25) is 10.9 Å². The number of aromatic nitrogens is 2. The van der Waals surface area contributed by atoms with Crippen LogP contribution in [0.15, 0.2) is 58.7 Å². The second-order valence-electron chi connectivity index (χ2n) is 5.59. The average Bonchev–Trinajstić information content (AvgIpc) is 3.27. The van der Waals surface area contributed by atoms with E-state index < -0.39 is 0 Å². The van der Waals surface area contributed by atoms with E-state index >= 15 is 0 Å². The van der Waals surface area contributed by atoms with E-state index in [0.717, 1.165) is 42.1 Å². The minimum Gasteiger partial charge on any atom is -0.252 e. The Morgan fingerprint density at radius 1 is 0.731 bits per heavy atom. The van der Waals surface area contributed by atoms with Crippen molar-refractivity contribution in [2.75, 3.05) is 10.9 Å². The molecule has 0 aliphatic rings. The number of benzene rings is 2. The predicted octanol–water partition coefficient (Wildman–Crippen LogP) is 5.18. The Bertz CT molecular complexity index is 969. The third-order valence-electron chi connectivity index (χ3n) is 3.75. The largest absolute Gasteiger partial charge is 0.252 e. The molecule has 6 nitrogen and oxygen atoms in total. The number of hydrazone groups is 2. The van der Waals surface area contributed by atoms with Crippen LogP contribution in [0, 0.1) is 0 Å². The Hall–Kier alpha value is -2.84. The number of fused-ring (bicyclic) bond motifs is 2. The second-order valence-corrected chi connectivity index (χ2v) is 7.65. The first-order chi connectivity index (χ1) is 12.7. The van der Waals surface area contributed by atoms with E-state index in [0.29, 0.717) is 0 Å². The van der Waals surface area contributed by atoms with Crippen molar-refractivity contribution in [1.29, 1.82) is 0 Å². The highest BCUT2D eigenvalue weighted by Crippen LogP contribution is 2.26. The minimum atomic E-state index is 0.762. The molecule has 0 saturated carbocycles. The highest BCUT2D eigenvalue weighted by Gasteiger charge is 2.04. The second kappa shape index (κ2) is 7.19. The first-order valence-electron chi connectivity index (χ1n) is 8.01. The fourth-order valence-corrected chi connectivity index (χ4v) is 3.88. The minimum absolute atomic E-state index is 0.762. The molecule has 4 rings (SSSR count). The van der Waals surface area contributed by atoms with E-state index in [1.54, 1.807) is 22.7 Å². The molecule has 0 spiro atoms. The number of hydrogen-bond donors (Lipinski definition) is 2. The van der Waals surface area contributed by atoms with Gasteiger partial charge in [-0.1, -0.05) is 46.9 Å². The summed E-state index contributed by atoms with van der Waals surface area (Å²) in [4.78, 5) is 9.00. The van der Waals surface area contributed by atoms with Crippen molar-refractivity contribution in [3.63, 3.8) is 0 Å². The molecule has 0 aliphatic heterocycles. The summed E-state index contributed by atoms with van der Waals surface area (Å²) in [7, 11) is 0. The maximum absolute atomic E-state index is 4.50. The van der Waals surface area contributed by atoms with Crippen LogP contribution in [0.4, 0.5) is 10.3 Å². The summed E-state index contributed by atoms with van der Waals surface area (Å²) in [6.45, 7) is 3.80. The lowest BCUT2D eigenvalue weighted by atomic mass is 10.3. The van der Waals surface area contributed by atoms with Crippen molar-refractivity contribution in [2.24, 2.45) is 10.2 Å². The summed E-state index contributed by atoms with van der Waals surface area (Å²) in [6, 6.07) is 16.0. The molecule has 0 radical (unpaired) electrons. The van der Waals surface area contributed by atoms with Gasteiger partial charge in [-0.2, -0.15) is 10.2 Å². The third-order valence-corrected chi connectivity index (χ3v) is 5.63. The van der Waals surface area contributed by atoms with E-state index in [9.17, 15) is 0 Å². The number of para-hydroxylation sites is 2. The molecule has 2 aromatic heterocycles. The summed E-state index contributed by atoms with van der Waals surface area (Å²) >= 11 is 3.14. The molecule has 2 N–H and O–H groups in total. The van der Waals surface area contributed by atoms with E-state index in [2.05, 4.69) is 31.0 Å². The van der Waals surface area contributed by atoms with Gasteiger partial charge in [0.1, 0.15) is 0 Å². The lowest BCUT2D eigenvalue weighted by Gasteiger charge is -2.01. The Morgan fingerprint density at radius 2 is 1.15 bits per heavy atom. The average molecular weight is 381 g/mol. The quantitative estimate of drug-likeness (QED) is 0.369. The highest BCUT2D eigenvalue weighted by molar-refractivity contribution is 7.22. The number of hydrogen-bond acceptors (Lipinski definition) is 8. The van der Waals surface area contributed by atoms with E-state index in [1.165, 1.54) is 0 Å². The van der Waals surface area contributed by atoms with Gasteiger partial charge in [0.25, 0.3) is 0 Å². The molecule has 2 heterocycles. The summed E-state index contributed by atoms with van der Waals surface area (Å²) in [6.07, 6.45) is 0. The zero-order valence-electron chi connectivity index (χ0n) is 14.2. The zero-order valence-corrected chi connectivity index (χ0v) is 15.9. The van der Waals surface area contributed by atoms with Crippen molar-refractivity contribution < 1.29 is 0 Å². The molecule has 8 heteroatoms. The monoisotopic (exact) mass is 380 g/mol. The van der Waals surface area contributed by atoms with Crippen molar-refractivity contribution in [3.8, 4) is 0 Å². The maximum Gasteiger partial charge on any atom is 0.204 e. The van der Waals surface area contributed by atoms with Gasteiger partial charge >= 0.3 is 0 Å². The lowest BCUT2D eigenvalue weighted by molar-refractivity contribution is 1.28. The topological polar surface area (TPSA) is 74.6 Å². The van der Waals surface area contributed by atoms with Crippen LogP contribution in [0.1, 0.15) is 13.8 Å². The van der Waals surface area contributed by atoms with Crippen LogP contribution >= 0.6 is 22.7 Å². The molecule has 0 saturated heterocycles. The molecule has 0 unspecified atom stereocenters. The van der Waals surface area contributed by atoms with Crippen molar-refractivity contribution in [3.05, 3.63) is 48.5 Å². The first kappa shape index (κ1) is 16.6. The first-order valence-corrected chi connectivity index (χ1v) is 9.64. The molecule has 26 heavy (non-hydrogen) atoms. The molecular weight excluding hydrogens is 364 g/mol. The van der Waals surface area contributed by atoms with Crippen molar-refractivity contribution >= 4 is 64.8 Å². The fraction of sp³-hybridized carbons (Fsp3) is 0.111. The SMILES string of the molecule is CC(=NNc1nc2ccccc2s1)C(C)=NNc1nc2ccccc2s1. The summed E-state index contributed by atoms with van der Waals surface area (Å²) in [5.41, 5.74) is 9.50. The van der Waals surface area contributed by atoms with E-state index in [-0.39, 0.29) is 0 Å². The lowest BCUT2D eigenvalue weighted by Crippen LogP contribution is -2.10. The smallest absolute Gasteiger partial charge is 0.204 e. The van der Waals surface area contributed by atoms with E-state index in [1.807, 2.05) is 62.4 Å². The Morgan fingerprint density at radius 3 is 1.58 bits per heavy atom. The number of anilines is 2. The number of rotatable bonds is 5. The fourth-order valence-electron chi connectivity index (χ4n) is 2.27. The molecule has 2 aromatic carbocycles. The normalized spacial score (nSPS) is 12.7. The molecule has 0 atom stereocenters. The molecule has 0 aliphatic carbocycles. The van der Waals surface area contributed by atoms with Crippen LogP contribution in [-0.4, -0.2) is 21.4 Å². The molecular formula is C18H16N6S2. The zero-order chi connectivity index (χ0) is 17.9. The van der Waals surface area contributed by atoms with Crippen LogP contribution in [-0.2, 0) is 0 Å². The number of thiazole rings is 2. The van der Waals surface area contributed by atoms with Gasteiger partial charge in [-0.25, -0.2) is 9.97 Å². The van der Waals surface area contributed by atoms with Crippen molar-refractivity contribution in [1.82, 2.24) is 9.97 Å². The Kier molecular flexibility index (Phi) is 4.59. The molecule has 130 valence electrons. The van der Waals surface area contributed by atoms with Gasteiger partial charge < -0.3 is 0 Å². The number of nitrogens with zero attached hydrogens (tertiary/aromatic N) is 4. The third kappa shape index (κ3) is 3.56. The summed E-state index contributed by atoms with van der Waals surface area (Å²) in [5, 5.41) is 10.3. The van der Waals surface area contributed by atoms with Crippen LogP contribution in [0.3, 0.4) is 0 Å². The molecule has 0 amide bonds. The van der Waals surface area contributed by atoms with Crippen LogP contribution in [0.2, 0.25) is 0 Å². The standard InChI is InChI=1S/C18H16N6S2/c1-11(21-23-17-19-13-7-3-5-9-15(13)25-17)12(2)22-24-18-20-14-8-4-6-10-16(14)26-18/h3-10H,1-2H3,(H,19,23)(H,20,24). The molecule has 0 bridgehead atoms. The summed E-state index contributed by atoms with van der Waals surface area (Å²) in [5.74, 6) is 0. The van der Waals surface area contributed by atoms with Gasteiger partial charge in [0.15, 0.2) is 0 Å². The predicted molar refractivity (Wildman–Crippen MR) is 113 cm³/mol. The molecule has 0 fully saturated rings. The maximum atomic E-state index is 4.50. The van der Waals surface area contributed by atoms with E-state index in [4.69, 9.17) is 0 Å². The van der Waals surface area contributed by atoms with Gasteiger partial charge in [0, 0.05) is 0 Å². The van der Waals surface area contributed by atoms with Gasteiger partial charge in [-0.05, 0) is 38.1 Å². The molecule has 4 aromatic rings. The van der Waals surface area contributed by atoms with Crippen molar-refractivity contribution in [2.45, 2.75) is 13.8 Å². The Balaban J connectivity index is 1.44. The van der Waals surface area contributed by atoms with Gasteiger partial charge in [0.2, 0.25) is 10.3 Å². The van der Waals surface area contributed by atoms with Crippen LogP contribution < -0.4 is 10.9 Å². The van der Waals surface area contributed by atoms with Gasteiger partial charge in [0.05, 0.1) is 31.9 Å². The Labute approximate surface area is 158 Å². The highest BCUT2D eigenvalue weighted by atomic mass is 32.1. The van der Waals surface area contributed by atoms with Crippen LogP contribution in [0.25, 0.3) is 20.4 Å². The van der Waals surface area contributed by atoms with Gasteiger partial charge in [-0.15, -0.1) is 0 Å². The van der Waals surface area contributed by atoms with Crippen LogP contribution in [0.5, 0.6) is 0 Å². The summed E-state index contributed by atoms with van der Waals surface area (Å²) < 4.78 is 2.26.